The van der Waals surface area contributed by atoms with Gasteiger partial charge in [-0.25, -0.2) is 0 Å². The molecule has 1 unspecified atom stereocenters. The van der Waals surface area contributed by atoms with Crippen LogP contribution >= 0.6 is 0 Å². The maximum absolute atomic E-state index is 5.83. The van der Waals surface area contributed by atoms with Gasteiger partial charge in [-0.3, -0.25) is 0 Å². The normalized spacial score (nSPS) is 16.4. The van der Waals surface area contributed by atoms with Gasteiger partial charge in [0.2, 0.25) is 0 Å². The molecule has 100 valence electrons. The minimum Gasteiger partial charge on any atom is -0.493 e. The smallest absolute Gasteiger partial charge is 0.189 e. The van der Waals surface area contributed by atoms with E-state index in [4.69, 9.17) is 19.9 Å². The first kappa shape index (κ1) is 13.2. The van der Waals surface area contributed by atoms with E-state index in [-0.39, 0.29) is 12.8 Å². The average molecular weight is 251 g/mol. The van der Waals surface area contributed by atoms with Crippen LogP contribution in [0.15, 0.2) is 18.2 Å². The van der Waals surface area contributed by atoms with E-state index in [2.05, 4.69) is 0 Å². The Kier molecular flexibility index (Phi) is 4.44. The predicted octanol–water partition coefficient (Wildman–Crippen LogP) is 2.48. The second-order valence-corrected chi connectivity index (χ2v) is 4.78. The first-order valence-electron chi connectivity index (χ1n) is 6.34. The van der Waals surface area contributed by atoms with Gasteiger partial charge < -0.3 is 19.9 Å². The third kappa shape index (κ3) is 3.62. The number of methoxy groups -OCH3 is 1. The summed E-state index contributed by atoms with van der Waals surface area (Å²) >= 11 is 0. The van der Waals surface area contributed by atoms with Gasteiger partial charge in [0.15, 0.2) is 18.3 Å². The fourth-order valence-electron chi connectivity index (χ4n) is 1.69. The van der Waals surface area contributed by atoms with Crippen molar-refractivity contribution in [3.63, 3.8) is 0 Å². The van der Waals surface area contributed by atoms with Crippen LogP contribution < -0.4 is 15.2 Å². The Morgan fingerprint density at radius 1 is 1.33 bits per heavy atom. The predicted molar refractivity (Wildman–Crippen MR) is 69.8 cm³/mol. The van der Waals surface area contributed by atoms with Crippen molar-refractivity contribution in [2.24, 2.45) is 11.7 Å². The Bertz CT molecular complexity index is 389. The van der Waals surface area contributed by atoms with Crippen LogP contribution in [0.25, 0.3) is 0 Å². The molecule has 4 heteroatoms. The standard InChI is InChI=1S/C14H21NO3/c1-10(15)12-5-6-13(14(7-12)16-2)18-9-17-8-11-3-4-11/h5-7,10-11H,3-4,8-9,15H2,1-2H3. The van der Waals surface area contributed by atoms with Crippen LogP contribution in [0.2, 0.25) is 0 Å². The molecule has 2 N–H and O–H groups in total. The van der Waals surface area contributed by atoms with Crippen molar-refractivity contribution in [3.05, 3.63) is 23.8 Å². The first-order valence-corrected chi connectivity index (χ1v) is 6.34. The lowest BCUT2D eigenvalue weighted by molar-refractivity contribution is 0.00865. The minimum absolute atomic E-state index is 0.0148. The minimum atomic E-state index is -0.0148. The second kappa shape index (κ2) is 6.07. The molecule has 1 saturated carbocycles. The van der Waals surface area contributed by atoms with Crippen LogP contribution in [0.4, 0.5) is 0 Å². The zero-order valence-corrected chi connectivity index (χ0v) is 11.0. The van der Waals surface area contributed by atoms with Gasteiger partial charge in [-0.15, -0.1) is 0 Å². The fourth-order valence-corrected chi connectivity index (χ4v) is 1.69. The number of hydrogen-bond donors (Lipinski definition) is 1. The van der Waals surface area contributed by atoms with Crippen molar-refractivity contribution in [2.45, 2.75) is 25.8 Å². The highest BCUT2D eigenvalue weighted by Crippen LogP contribution is 2.31. The lowest BCUT2D eigenvalue weighted by Gasteiger charge is -2.13. The van der Waals surface area contributed by atoms with Gasteiger partial charge in [-0.2, -0.15) is 0 Å². The summed E-state index contributed by atoms with van der Waals surface area (Å²) in [6, 6.07) is 5.71. The summed E-state index contributed by atoms with van der Waals surface area (Å²) < 4.78 is 16.3. The van der Waals surface area contributed by atoms with E-state index in [1.54, 1.807) is 7.11 Å². The van der Waals surface area contributed by atoms with Crippen LogP contribution in [-0.4, -0.2) is 20.5 Å². The number of rotatable bonds is 7. The largest absolute Gasteiger partial charge is 0.493 e. The average Bonchev–Trinajstić information content (AvgIpc) is 3.18. The molecule has 4 nitrogen and oxygen atoms in total. The highest BCUT2D eigenvalue weighted by molar-refractivity contribution is 5.43. The Hall–Kier alpha value is -1.26. The Morgan fingerprint density at radius 3 is 2.72 bits per heavy atom. The molecule has 0 aromatic heterocycles. The lowest BCUT2D eigenvalue weighted by atomic mass is 10.1. The highest BCUT2D eigenvalue weighted by Gasteiger charge is 2.21. The molecule has 1 aromatic carbocycles. The zero-order chi connectivity index (χ0) is 13.0. The van der Waals surface area contributed by atoms with Gasteiger partial charge in [0, 0.05) is 6.04 Å². The van der Waals surface area contributed by atoms with Crippen LogP contribution in [0.1, 0.15) is 31.4 Å². The number of hydrogen-bond acceptors (Lipinski definition) is 4. The molecule has 1 aromatic rings. The monoisotopic (exact) mass is 251 g/mol. The van der Waals surface area contributed by atoms with Gasteiger partial charge >= 0.3 is 0 Å². The molecule has 0 amide bonds. The Balaban J connectivity index is 1.89. The highest BCUT2D eigenvalue weighted by atomic mass is 16.7. The summed E-state index contributed by atoms with van der Waals surface area (Å²) in [5, 5.41) is 0. The lowest BCUT2D eigenvalue weighted by Crippen LogP contribution is -2.08. The van der Waals surface area contributed by atoms with Crippen LogP contribution in [0.3, 0.4) is 0 Å². The van der Waals surface area contributed by atoms with Crippen molar-refractivity contribution in [2.75, 3.05) is 20.5 Å². The summed E-state index contributed by atoms with van der Waals surface area (Å²) in [6.07, 6.45) is 2.57. The maximum atomic E-state index is 5.83. The van der Waals surface area contributed by atoms with E-state index in [1.807, 2.05) is 25.1 Å². The Labute approximate surface area is 108 Å². The maximum Gasteiger partial charge on any atom is 0.189 e. The van der Waals surface area contributed by atoms with E-state index in [0.717, 1.165) is 18.1 Å². The molecular weight excluding hydrogens is 230 g/mol. The molecule has 0 spiro atoms. The van der Waals surface area contributed by atoms with Crippen molar-refractivity contribution >= 4 is 0 Å². The fraction of sp³-hybridized carbons (Fsp3) is 0.571. The number of nitrogens with two attached hydrogens (primary N) is 1. The molecule has 1 atom stereocenters. The molecular formula is C14H21NO3. The van der Waals surface area contributed by atoms with E-state index >= 15 is 0 Å². The van der Waals surface area contributed by atoms with Gasteiger partial charge in [0.05, 0.1) is 13.7 Å². The summed E-state index contributed by atoms with van der Waals surface area (Å²) in [6.45, 7) is 3.00. The second-order valence-electron chi connectivity index (χ2n) is 4.78. The first-order chi connectivity index (χ1) is 8.70. The molecule has 18 heavy (non-hydrogen) atoms. The third-order valence-corrected chi connectivity index (χ3v) is 3.06. The van der Waals surface area contributed by atoms with E-state index in [1.165, 1.54) is 12.8 Å². The van der Waals surface area contributed by atoms with Gasteiger partial charge in [-0.1, -0.05) is 6.07 Å². The molecule has 2 rings (SSSR count). The SMILES string of the molecule is COc1cc(C(C)N)ccc1OCOCC1CC1. The molecule has 0 bridgehead atoms. The van der Waals surface area contributed by atoms with Crippen LogP contribution in [0.5, 0.6) is 11.5 Å². The molecule has 1 aliphatic carbocycles. The molecule has 1 aliphatic rings. The van der Waals surface area contributed by atoms with Crippen molar-refractivity contribution in [3.8, 4) is 11.5 Å². The zero-order valence-electron chi connectivity index (χ0n) is 11.0. The summed E-state index contributed by atoms with van der Waals surface area (Å²) in [4.78, 5) is 0. The van der Waals surface area contributed by atoms with E-state index in [0.29, 0.717) is 11.5 Å². The van der Waals surface area contributed by atoms with Crippen molar-refractivity contribution in [1.29, 1.82) is 0 Å². The van der Waals surface area contributed by atoms with E-state index in [9.17, 15) is 0 Å². The van der Waals surface area contributed by atoms with Crippen molar-refractivity contribution in [1.82, 2.24) is 0 Å². The molecule has 0 radical (unpaired) electrons. The third-order valence-electron chi connectivity index (χ3n) is 3.06. The Morgan fingerprint density at radius 2 is 2.11 bits per heavy atom. The topological polar surface area (TPSA) is 53.7 Å². The van der Waals surface area contributed by atoms with Gasteiger partial charge in [0.1, 0.15) is 0 Å². The number of benzene rings is 1. The molecule has 0 aliphatic heterocycles. The van der Waals surface area contributed by atoms with Gasteiger partial charge in [0.25, 0.3) is 0 Å². The molecule has 0 heterocycles. The quantitative estimate of drug-likeness (QED) is 0.597. The summed E-state index contributed by atoms with van der Waals surface area (Å²) in [5.41, 5.74) is 6.85. The molecule has 0 saturated heterocycles. The van der Waals surface area contributed by atoms with Crippen LogP contribution in [-0.2, 0) is 4.74 Å². The van der Waals surface area contributed by atoms with Crippen LogP contribution in [0, 0.1) is 5.92 Å². The number of ether oxygens (including phenoxy) is 3. The van der Waals surface area contributed by atoms with Crippen molar-refractivity contribution < 1.29 is 14.2 Å². The summed E-state index contributed by atoms with van der Waals surface area (Å²) in [7, 11) is 1.62. The van der Waals surface area contributed by atoms with Gasteiger partial charge in [-0.05, 0) is 43.4 Å². The summed E-state index contributed by atoms with van der Waals surface area (Å²) in [5.74, 6) is 2.13. The molecule has 1 fully saturated rings. The van der Waals surface area contributed by atoms with E-state index < -0.39 is 0 Å².